The van der Waals surface area contributed by atoms with Crippen LogP contribution in [0, 0.1) is 12.3 Å². The SMILES string of the molecule is C=CC(C)C.C[CH-]C.[N-]=[N+]=[N-].[Y]. The van der Waals surface area contributed by atoms with Crippen LogP contribution in [0.1, 0.15) is 27.7 Å². The molecule has 0 atom stereocenters. The first-order chi connectivity index (χ1) is 5.10. The van der Waals surface area contributed by atoms with E-state index in [4.69, 9.17) is 11.1 Å². The molecule has 0 rings (SSSR count). The summed E-state index contributed by atoms with van der Waals surface area (Å²) < 4.78 is 0. The number of hydrogen-bond donors (Lipinski definition) is 0. The Morgan fingerprint density at radius 2 is 1.42 bits per heavy atom. The molecule has 0 bridgehead atoms. The van der Waals surface area contributed by atoms with Gasteiger partial charge in [0, 0.05) is 32.7 Å². The minimum atomic E-state index is 0. The van der Waals surface area contributed by atoms with Crippen molar-refractivity contribution in [3.63, 3.8) is 0 Å². The van der Waals surface area contributed by atoms with E-state index < -0.39 is 0 Å². The molecule has 0 aliphatic rings. The average molecular weight is 244 g/mol. The molecule has 1 radical (unpaired) electrons. The van der Waals surface area contributed by atoms with Crippen molar-refractivity contribution in [3.8, 4) is 0 Å². The molecule has 0 heterocycles. The van der Waals surface area contributed by atoms with Crippen molar-refractivity contribution in [1.29, 1.82) is 0 Å². The number of allylic oxidation sites excluding steroid dienone is 1. The molecule has 0 unspecified atom stereocenters. The minimum Gasteiger partial charge on any atom is -0.373 e. The van der Waals surface area contributed by atoms with Crippen molar-refractivity contribution in [2.24, 2.45) is 5.92 Å². The second-order valence-corrected chi connectivity index (χ2v) is 2.15. The maximum atomic E-state index is 6.75. The molecule has 0 amide bonds. The zero-order valence-electron chi connectivity index (χ0n) is 8.36. The van der Waals surface area contributed by atoms with Crippen molar-refractivity contribution >= 4 is 0 Å². The molecule has 0 aromatic heterocycles. The van der Waals surface area contributed by atoms with Gasteiger partial charge in [-0.15, -0.1) is 6.58 Å². The van der Waals surface area contributed by atoms with E-state index in [2.05, 4.69) is 20.4 Å². The van der Waals surface area contributed by atoms with Crippen molar-refractivity contribution in [2.75, 3.05) is 0 Å². The zero-order valence-corrected chi connectivity index (χ0v) is 11.2. The van der Waals surface area contributed by atoms with Gasteiger partial charge in [0.15, 0.2) is 0 Å². The molecule has 0 fully saturated rings. The molecule has 4 heteroatoms. The van der Waals surface area contributed by atoms with Gasteiger partial charge >= 0.3 is 0 Å². The van der Waals surface area contributed by atoms with Crippen LogP contribution in [0.15, 0.2) is 12.7 Å². The maximum absolute atomic E-state index is 6.75. The molecule has 0 aromatic rings. The summed E-state index contributed by atoms with van der Waals surface area (Å²) in [5.41, 5.74) is 13.5. The predicted molar refractivity (Wildman–Crippen MR) is 50.8 cm³/mol. The summed E-state index contributed by atoms with van der Waals surface area (Å²) in [5.74, 6) is 0.648. The fraction of sp³-hybridized carbons (Fsp3) is 0.625. The van der Waals surface area contributed by atoms with Gasteiger partial charge in [-0.05, 0) is 5.92 Å². The van der Waals surface area contributed by atoms with Gasteiger partial charge in [-0.25, -0.2) is 0 Å². The van der Waals surface area contributed by atoms with Gasteiger partial charge in [0.2, 0.25) is 0 Å². The zero-order chi connectivity index (χ0) is 9.70. The standard InChI is InChI=1S/C5H10.C3H7.N3.Y/c1-4-5(2)3;2*1-3-2;/h4-5H,1H2,2-3H3;3H,1-2H3;;/q;2*-1;. The third-order valence-electron chi connectivity index (χ3n) is 0.471. The summed E-state index contributed by atoms with van der Waals surface area (Å²) in [6, 6.07) is 0. The average Bonchev–Trinajstić information content (AvgIpc) is 1.91. The fourth-order valence-corrected chi connectivity index (χ4v) is 0. The Balaban J connectivity index is -0.0000000406. The molecule has 0 saturated carbocycles. The smallest absolute Gasteiger partial charge is 0 e. The van der Waals surface area contributed by atoms with E-state index in [0.29, 0.717) is 5.92 Å². The molecular weight excluding hydrogens is 227 g/mol. The van der Waals surface area contributed by atoms with Crippen molar-refractivity contribution in [3.05, 3.63) is 35.0 Å². The Kier molecular flexibility index (Phi) is 57.6. The molecule has 0 aliphatic heterocycles. The first kappa shape index (κ1) is 22.7. The summed E-state index contributed by atoms with van der Waals surface area (Å²) in [6.45, 7) is 11.8. The summed E-state index contributed by atoms with van der Waals surface area (Å²) in [5, 5.41) is 0. The summed E-state index contributed by atoms with van der Waals surface area (Å²) in [4.78, 5) is 1.50. The molecule has 0 aliphatic carbocycles. The second kappa shape index (κ2) is 30.4. The van der Waals surface area contributed by atoms with Crippen LogP contribution in [0.2, 0.25) is 0 Å². The van der Waals surface area contributed by atoms with Crippen molar-refractivity contribution in [2.45, 2.75) is 27.7 Å². The van der Waals surface area contributed by atoms with E-state index in [1.54, 1.807) is 0 Å². The largest absolute Gasteiger partial charge is 0.373 e. The van der Waals surface area contributed by atoms with Gasteiger partial charge < -0.3 is 17.5 Å². The molecule has 69 valence electrons. The Morgan fingerprint density at radius 3 is 1.42 bits per heavy atom. The normalized spacial score (nSPS) is 5.75. The second-order valence-electron chi connectivity index (χ2n) is 2.15. The van der Waals surface area contributed by atoms with E-state index in [1.807, 2.05) is 26.3 Å². The van der Waals surface area contributed by atoms with Gasteiger partial charge in [0.25, 0.3) is 0 Å². The quantitative estimate of drug-likeness (QED) is 0.221. The van der Waals surface area contributed by atoms with Crippen LogP contribution in [-0.4, -0.2) is 0 Å². The molecular formula is C8H17N3Y-2. The van der Waals surface area contributed by atoms with Crippen LogP contribution in [0.25, 0.3) is 16.0 Å². The minimum absolute atomic E-state index is 0. The van der Waals surface area contributed by atoms with Gasteiger partial charge in [0.05, 0.1) is 0 Å². The van der Waals surface area contributed by atoms with E-state index >= 15 is 0 Å². The number of rotatable bonds is 1. The van der Waals surface area contributed by atoms with Crippen LogP contribution in [0.4, 0.5) is 0 Å². The summed E-state index contributed by atoms with van der Waals surface area (Å²) >= 11 is 0. The number of hydrogen-bond acceptors (Lipinski definition) is 0. The predicted octanol–water partition coefficient (Wildman–Crippen LogP) is 3.92. The van der Waals surface area contributed by atoms with E-state index in [1.165, 1.54) is 4.91 Å². The maximum Gasteiger partial charge on any atom is 0 e. The van der Waals surface area contributed by atoms with Gasteiger partial charge in [-0.2, -0.15) is 13.8 Å². The van der Waals surface area contributed by atoms with Gasteiger partial charge in [-0.1, -0.05) is 19.9 Å². The van der Waals surface area contributed by atoms with Crippen LogP contribution >= 0.6 is 0 Å². The monoisotopic (exact) mass is 244 g/mol. The van der Waals surface area contributed by atoms with Crippen LogP contribution in [0.3, 0.4) is 0 Å². The molecule has 0 N–H and O–H groups in total. The van der Waals surface area contributed by atoms with Crippen molar-refractivity contribution in [1.82, 2.24) is 0 Å². The van der Waals surface area contributed by atoms with Crippen LogP contribution in [0.5, 0.6) is 0 Å². The Labute approximate surface area is 101 Å². The Bertz CT molecular complexity index is 96.5. The van der Waals surface area contributed by atoms with Gasteiger partial charge in [0.1, 0.15) is 0 Å². The topological polar surface area (TPSA) is 58.7 Å². The third kappa shape index (κ3) is 183. The molecule has 12 heavy (non-hydrogen) atoms. The molecule has 0 saturated heterocycles. The van der Waals surface area contributed by atoms with E-state index in [9.17, 15) is 0 Å². The Hall–Kier alpha value is 0.154. The van der Waals surface area contributed by atoms with Crippen LogP contribution in [-0.2, 0) is 32.7 Å². The summed E-state index contributed by atoms with van der Waals surface area (Å²) in [6.07, 6.45) is 3.92. The van der Waals surface area contributed by atoms with E-state index in [0.717, 1.165) is 0 Å². The number of nitrogens with zero attached hydrogens (tertiary/aromatic N) is 3. The third-order valence-corrected chi connectivity index (χ3v) is 0.471. The van der Waals surface area contributed by atoms with Crippen LogP contribution < -0.4 is 0 Å². The van der Waals surface area contributed by atoms with Crippen molar-refractivity contribution < 1.29 is 32.7 Å². The first-order valence-electron chi connectivity index (χ1n) is 3.45. The van der Waals surface area contributed by atoms with Gasteiger partial charge in [-0.3, -0.25) is 4.91 Å². The van der Waals surface area contributed by atoms with E-state index in [-0.39, 0.29) is 32.7 Å². The first-order valence-corrected chi connectivity index (χ1v) is 3.45. The Morgan fingerprint density at radius 1 is 1.33 bits per heavy atom. The fourth-order valence-electron chi connectivity index (χ4n) is 0. The summed E-state index contributed by atoms with van der Waals surface area (Å²) in [7, 11) is 0. The molecule has 0 spiro atoms. The molecule has 3 nitrogen and oxygen atoms in total. The molecule has 0 aromatic carbocycles.